The molecule has 3 rings (SSSR count). The van der Waals surface area contributed by atoms with Gasteiger partial charge in [-0.1, -0.05) is 17.3 Å². The lowest BCUT2D eigenvalue weighted by molar-refractivity contribution is 0.381. The zero-order valence-corrected chi connectivity index (χ0v) is 14.3. The highest BCUT2D eigenvalue weighted by Gasteiger charge is 2.20. The van der Waals surface area contributed by atoms with Crippen molar-refractivity contribution in [2.45, 2.75) is 32.1 Å². The molecule has 0 fully saturated rings. The third kappa shape index (κ3) is 3.48. The van der Waals surface area contributed by atoms with Gasteiger partial charge in [0.1, 0.15) is 16.4 Å². The van der Waals surface area contributed by atoms with Crippen molar-refractivity contribution in [1.29, 1.82) is 0 Å². The van der Waals surface area contributed by atoms with Crippen molar-refractivity contribution in [3.8, 4) is 0 Å². The molecule has 24 heavy (non-hydrogen) atoms. The molecule has 1 aromatic carbocycles. The predicted octanol–water partition coefficient (Wildman–Crippen LogP) is 2.98. The van der Waals surface area contributed by atoms with Gasteiger partial charge in [-0.05, 0) is 38.5 Å². The van der Waals surface area contributed by atoms with Crippen LogP contribution >= 0.6 is 0 Å². The lowest BCUT2D eigenvalue weighted by Crippen LogP contribution is -2.13. The van der Waals surface area contributed by atoms with Gasteiger partial charge in [0.15, 0.2) is 5.82 Å². The summed E-state index contributed by atoms with van der Waals surface area (Å²) in [6, 6.07) is 8.51. The summed E-state index contributed by atoms with van der Waals surface area (Å²) < 4.78 is 37.7. The Morgan fingerprint density at radius 1 is 1.12 bits per heavy atom. The van der Waals surface area contributed by atoms with Crippen LogP contribution in [0.5, 0.6) is 0 Å². The van der Waals surface area contributed by atoms with Gasteiger partial charge in [-0.3, -0.25) is 4.72 Å². The van der Waals surface area contributed by atoms with Crippen LogP contribution in [-0.2, 0) is 16.4 Å². The highest BCUT2D eigenvalue weighted by molar-refractivity contribution is 7.92. The van der Waals surface area contributed by atoms with Crippen LogP contribution in [0.3, 0.4) is 0 Å². The van der Waals surface area contributed by atoms with E-state index in [1.165, 1.54) is 6.07 Å². The second kappa shape index (κ2) is 6.12. The number of benzene rings is 1. The fourth-order valence-corrected chi connectivity index (χ4v) is 3.66. The Morgan fingerprint density at radius 3 is 2.38 bits per heavy atom. The van der Waals surface area contributed by atoms with Crippen LogP contribution in [0.4, 0.5) is 5.69 Å². The van der Waals surface area contributed by atoms with Crippen LogP contribution in [0.2, 0.25) is 0 Å². The van der Waals surface area contributed by atoms with E-state index in [2.05, 4.69) is 14.9 Å². The molecule has 0 saturated heterocycles. The van der Waals surface area contributed by atoms with E-state index in [9.17, 15) is 8.42 Å². The average molecular weight is 347 g/mol. The van der Waals surface area contributed by atoms with Gasteiger partial charge >= 0.3 is 0 Å². The van der Waals surface area contributed by atoms with Gasteiger partial charge in [0.2, 0.25) is 5.89 Å². The van der Waals surface area contributed by atoms with Gasteiger partial charge in [-0.15, -0.1) is 0 Å². The Hall–Kier alpha value is -2.61. The molecule has 0 bridgehead atoms. The molecule has 0 radical (unpaired) electrons. The van der Waals surface area contributed by atoms with E-state index >= 15 is 0 Å². The summed E-state index contributed by atoms with van der Waals surface area (Å²) in [5, 5.41) is 3.74. The van der Waals surface area contributed by atoms with Gasteiger partial charge in [0, 0.05) is 11.8 Å². The first-order valence-electron chi connectivity index (χ1n) is 7.31. The van der Waals surface area contributed by atoms with E-state index in [1.54, 1.807) is 32.9 Å². The van der Waals surface area contributed by atoms with E-state index in [4.69, 9.17) is 8.94 Å². The highest BCUT2D eigenvalue weighted by Crippen LogP contribution is 2.23. The standard InChI is InChI=1S/C16H17N3O4S/c1-10-8-15(11(2)22-10)24(20,21)19-14-6-4-13(5-7-14)9-16-17-12(3)18-23-16/h4-8,19H,9H2,1-3H3. The molecular weight excluding hydrogens is 330 g/mol. The van der Waals surface area contributed by atoms with Crippen molar-refractivity contribution in [2.24, 2.45) is 0 Å². The molecule has 0 aliphatic carbocycles. The maximum Gasteiger partial charge on any atom is 0.265 e. The summed E-state index contributed by atoms with van der Waals surface area (Å²) in [6.45, 7) is 5.08. The Morgan fingerprint density at radius 2 is 1.83 bits per heavy atom. The number of hydrogen-bond donors (Lipinski definition) is 1. The second-order valence-corrected chi connectivity index (χ2v) is 7.14. The van der Waals surface area contributed by atoms with Crippen LogP contribution in [0.15, 0.2) is 44.2 Å². The molecule has 2 aromatic heterocycles. The number of aryl methyl sites for hydroxylation is 3. The lowest BCUT2D eigenvalue weighted by Gasteiger charge is -2.07. The van der Waals surface area contributed by atoms with Crippen LogP contribution < -0.4 is 4.72 Å². The predicted molar refractivity (Wildman–Crippen MR) is 87.3 cm³/mol. The van der Waals surface area contributed by atoms with E-state index in [0.717, 1.165) is 5.56 Å². The molecule has 2 heterocycles. The molecule has 1 N–H and O–H groups in total. The highest BCUT2D eigenvalue weighted by atomic mass is 32.2. The minimum absolute atomic E-state index is 0.144. The van der Waals surface area contributed by atoms with E-state index in [1.807, 2.05) is 12.1 Å². The topological polar surface area (TPSA) is 98.2 Å². The molecule has 126 valence electrons. The van der Waals surface area contributed by atoms with Crippen LogP contribution in [0.25, 0.3) is 0 Å². The SMILES string of the molecule is Cc1noc(Cc2ccc(NS(=O)(=O)c3cc(C)oc3C)cc2)n1. The summed E-state index contributed by atoms with van der Waals surface area (Å²) >= 11 is 0. The molecule has 3 aromatic rings. The van der Waals surface area contributed by atoms with Gasteiger partial charge in [-0.2, -0.15) is 4.98 Å². The number of furan rings is 1. The fourth-order valence-electron chi connectivity index (χ4n) is 2.36. The van der Waals surface area contributed by atoms with Gasteiger partial charge in [0.25, 0.3) is 10.0 Å². The minimum atomic E-state index is -3.68. The molecule has 0 amide bonds. The Kier molecular flexibility index (Phi) is 4.15. The zero-order valence-electron chi connectivity index (χ0n) is 13.5. The fraction of sp³-hybridized carbons (Fsp3) is 0.250. The number of hydrogen-bond acceptors (Lipinski definition) is 6. The monoisotopic (exact) mass is 347 g/mol. The van der Waals surface area contributed by atoms with Crippen molar-refractivity contribution in [3.63, 3.8) is 0 Å². The first-order valence-corrected chi connectivity index (χ1v) is 8.80. The van der Waals surface area contributed by atoms with Crippen molar-refractivity contribution in [2.75, 3.05) is 4.72 Å². The van der Waals surface area contributed by atoms with Crippen molar-refractivity contribution < 1.29 is 17.4 Å². The number of nitrogens with zero attached hydrogens (tertiary/aromatic N) is 2. The van der Waals surface area contributed by atoms with Gasteiger partial charge in [0.05, 0.1) is 6.42 Å². The van der Waals surface area contributed by atoms with E-state index < -0.39 is 10.0 Å². The van der Waals surface area contributed by atoms with Gasteiger partial charge < -0.3 is 8.94 Å². The summed E-state index contributed by atoms with van der Waals surface area (Å²) in [7, 11) is -3.68. The van der Waals surface area contributed by atoms with Crippen LogP contribution in [-0.4, -0.2) is 18.6 Å². The Labute approximate surface area is 139 Å². The number of aromatic nitrogens is 2. The second-order valence-electron chi connectivity index (χ2n) is 5.49. The first kappa shape index (κ1) is 16.3. The third-order valence-corrected chi connectivity index (χ3v) is 4.90. The van der Waals surface area contributed by atoms with Crippen molar-refractivity contribution >= 4 is 15.7 Å². The first-order chi connectivity index (χ1) is 11.3. The summed E-state index contributed by atoms with van der Waals surface area (Å²) in [5.41, 5.74) is 1.41. The zero-order chi connectivity index (χ0) is 17.3. The number of rotatable bonds is 5. The molecule has 8 heteroatoms. The van der Waals surface area contributed by atoms with Crippen LogP contribution in [0.1, 0.15) is 28.8 Å². The largest absolute Gasteiger partial charge is 0.465 e. The van der Waals surface area contributed by atoms with Crippen LogP contribution in [0, 0.1) is 20.8 Å². The minimum Gasteiger partial charge on any atom is -0.465 e. The normalized spacial score (nSPS) is 11.6. The molecule has 7 nitrogen and oxygen atoms in total. The molecule has 0 aliphatic rings. The molecule has 0 aliphatic heterocycles. The molecule has 0 spiro atoms. The van der Waals surface area contributed by atoms with E-state index in [0.29, 0.717) is 35.3 Å². The smallest absolute Gasteiger partial charge is 0.265 e. The maximum atomic E-state index is 12.4. The summed E-state index contributed by atoms with van der Waals surface area (Å²) in [4.78, 5) is 4.28. The van der Waals surface area contributed by atoms with E-state index in [-0.39, 0.29) is 4.90 Å². The lowest BCUT2D eigenvalue weighted by atomic mass is 10.1. The number of anilines is 1. The number of nitrogens with one attached hydrogen (secondary N) is 1. The summed E-state index contributed by atoms with van der Waals surface area (Å²) in [5.74, 6) is 2.02. The summed E-state index contributed by atoms with van der Waals surface area (Å²) in [6.07, 6.45) is 0.494. The third-order valence-electron chi connectivity index (χ3n) is 3.42. The Bertz CT molecular complexity index is 956. The molecule has 0 unspecified atom stereocenters. The van der Waals surface area contributed by atoms with Crippen molar-refractivity contribution in [3.05, 3.63) is 59.1 Å². The molecular formula is C16H17N3O4S. The van der Waals surface area contributed by atoms with Gasteiger partial charge in [-0.25, -0.2) is 8.42 Å². The molecule has 0 atom stereocenters. The Balaban J connectivity index is 1.75. The quantitative estimate of drug-likeness (QED) is 0.762. The maximum absolute atomic E-state index is 12.4. The average Bonchev–Trinajstić information content (AvgIpc) is 3.06. The molecule has 0 saturated carbocycles. The van der Waals surface area contributed by atoms with Crippen molar-refractivity contribution in [1.82, 2.24) is 10.1 Å². The number of sulfonamides is 1.